The molecule has 1 unspecified atom stereocenters. The van der Waals surface area contributed by atoms with Gasteiger partial charge in [-0.05, 0) is 39.1 Å². The van der Waals surface area contributed by atoms with Crippen molar-refractivity contribution in [1.29, 1.82) is 0 Å². The summed E-state index contributed by atoms with van der Waals surface area (Å²) in [4.78, 5) is 26.2. The van der Waals surface area contributed by atoms with Gasteiger partial charge in [0.1, 0.15) is 10.7 Å². The topological polar surface area (TPSA) is 66.9 Å². The molecular weight excluding hydrogens is 402 g/mol. The minimum Gasteiger partial charge on any atom is -0.422 e. The zero-order valence-corrected chi connectivity index (χ0v) is 17.8. The third kappa shape index (κ3) is 3.24. The van der Waals surface area contributed by atoms with Gasteiger partial charge in [-0.3, -0.25) is 0 Å². The molecule has 8 heteroatoms. The molecule has 3 aromatic heterocycles. The van der Waals surface area contributed by atoms with Crippen LogP contribution in [0.4, 0.5) is 5.69 Å². The Kier molecular flexibility index (Phi) is 4.52. The Morgan fingerprint density at radius 1 is 1.17 bits per heavy atom. The molecule has 5 rings (SSSR count). The highest BCUT2D eigenvalue weighted by molar-refractivity contribution is 6.29. The molecule has 4 aromatic rings. The number of anilines is 1. The van der Waals surface area contributed by atoms with Crippen LogP contribution >= 0.6 is 11.6 Å². The van der Waals surface area contributed by atoms with E-state index in [-0.39, 0.29) is 0 Å². The van der Waals surface area contributed by atoms with Gasteiger partial charge in [-0.2, -0.15) is 0 Å². The standard InChI is InChI=1S/C22H22ClN5O2/c1-13-10-27(7-6-26(13)3)16-5-4-15-8-17(22(29)30-19(15)9-16)18-11-28-12-20(23)24-14(2)21(28)25-18/h4-5,8-9,11-13H,6-7,10H2,1-3H3. The van der Waals surface area contributed by atoms with Crippen molar-refractivity contribution in [2.24, 2.45) is 0 Å². The first-order chi connectivity index (χ1) is 14.4. The fourth-order valence-corrected chi connectivity index (χ4v) is 4.23. The fourth-order valence-electron chi connectivity index (χ4n) is 4.00. The Balaban J connectivity index is 1.55. The number of rotatable bonds is 2. The maximum atomic E-state index is 12.8. The molecule has 30 heavy (non-hydrogen) atoms. The molecule has 1 aliphatic rings. The second-order valence-electron chi connectivity index (χ2n) is 7.95. The van der Waals surface area contributed by atoms with Gasteiger partial charge in [-0.1, -0.05) is 11.6 Å². The molecule has 0 radical (unpaired) electrons. The van der Waals surface area contributed by atoms with E-state index in [1.807, 2.05) is 25.1 Å². The van der Waals surface area contributed by atoms with Crippen LogP contribution in [0.15, 0.2) is 45.9 Å². The van der Waals surface area contributed by atoms with Gasteiger partial charge in [0.15, 0.2) is 5.65 Å². The molecule has 1 aromatic carbocycles. The molecule has 0 aliphatic carbocycles. The Hall–Kier alpha value is -2.90. The Morgan fingerprint density at radius 3 is 2.80 bits per heavy atom. The summed E-state index contributed by atoms with van der Waals surface area (Å²) in [6, 6.07) is 8.35. The van der Waals surface area contributed by atoms with E-state index in [0.717, 1.165) is 30.7 Å². The van der Waals surface area contributed by atoms with Gasteiger partial charge in [0.2, 0.25) is 0 Å². The summed E-state index contributed by atoms with van der Waals surface area (Å²) in [6.45, 7) is 6.96. The van der Waals surface area contributed by atoms with Gasteiger partial charge in [0.25, 0.3) is 0 Å². The number of aryl methyl sites for hydroxylation is 1. The first-order valence-electron chi connectivity index (χ1n) is 9.94. The molecule has 0 amide bonds. The van der Waals surface area contributed by atoms with E-state index in [1.165, 1.54) is 0 Å². The number of aromatic nitrogens is 3. The number of hydrogen-bond acceptors (Lipinski definition) is 6. The van der Waals surface area contributed by atoms with Gasteiger partial charge in [-0.25, -0.2) is 14.8 Å². The number of benzene rings is 1. The number of piperazine rings is 1. The van der Waals surface area contributed by atoms with Gasteiger partial charge < -0.3 is 18.6 Å². The summed E-state index contributed by atoms with van der Waals surface area (Å²) in [5.41, 5.74) is 3.56. The van der Waals surface area contributed by atoms with Gasteiger partial charge in [-0.15, -0.1) is 0 Å². The third-order valence-electron chi connectivity index (χ3n) is 5.90. The summed E-state index contributed by atoms with van der Waals surface area (Å²) in [6.07, 6.45) is 3.44. The summed E-state index contributed by atoms with van der Waals surface area (Å²) < 4.78 is 7.47. The Bertz CT molecular complexity index is 1330. The quantitative estimate of drug-likeness (QED) is 0.459. The molecule has 7 nitrogen and oxygen atoms in total. The summed E-state index contributed by atoms with van der Waals surface area (Å²) in [5.74, 6) is 0. The Morgan fingerprint density at radius 2 is 2.00 bits per heavy atom. The lowest BCUT2D eigenvalue weighted by atomic mass is 10.1. The van der Waals surface area contributed by atoms with E-state index in [2.05, 4.69) is 39.8 Å². The summed E-state index contributed by atoms with van der Waals surface area (Å²) >= 11 is 6.04. The van der Waals surface area contributed by atoms with Crippen molar-refractivity contribution >= 4 is 33.9 Å². The number of nitrogens with zero attached hydrogens (tertiary/aromatic N) is 5. The van der Waals surface area contributed by atoms with E-state index < -0.39 is 5.63 Å². The van der Waals surface area contributed by atoms with Crippen molar-refractivity contribution in [2.45, 2.75) is 19.9 Å². The molecule has 1 fully saturated rings. The predicted octanol–water partition coefficient (Wildman–Crippen LogP) is 3.60. The van der Waals surface area contributed by atoms with E-state index in [4.69, 9.17) is 16.0 Å². The molecule has 4 heterocycles. The number of likely N-dealkylation sites (N-methyl/N-ethyl adjacent to an activating group) is 1. The first kappa shape index (κ1) is 19.1. The van der Waals surface area contributed by atoms with Crippen molar-refractivity contribution in [3.8, 4) is 11.3 Å². The van der Waals surface area contributed by atoms with Crippen LogP contribution in [-0.4, -0.2) is 52.0 Å². The number of fused-ring (bicyclic) bond motifs is 2. The van der Waals surface area contributed by atoms with Crippen LogP contribution in [0.1, 0.15) is 12.6 Å². The first-order valence-corrected chi connectivity index (χ1v) is 10.3. The normalized spacial score (nSPS) is 17.9. The van der Waals surface area contributed by atoms with Gasteiger partial charge in [0, 0.05) is 55.2 Å². The minimum atomic E-state index is -0.411. The minimum absolute atomic E-state index is 0.375. The molecule has 0 spiro atoms. The number of hydrogen-bond donors (Lipinski definition) is 0. The highest BCUT2D eigenvalue weighted by atomic mass is 35.5. The lowest BCUT2D eigenvalue weighted by Gasteiger charge is -2.39. The van der Waals surface area contributed by atoms with Crippen LogP contribution < -0.4 is 10.5 Å². The molecule has 0 bridgehead atoms. The molecule has 154 valence electrons. The molecular formula is C22H22ClN5O2. The lowest BCUT2D eigenvalue weighted by Crippen LogP contribution is -2.50. The largest absolute Gasteiger partial charge is 0.422 e. The van der Waals surface area contributed by atoms with Crippen LogP contribution in [0.5, 0.6) is 0 Å². The van der Waals surface area contributed by atoms with Crippen molar-refractivity contribution in [3.63, 3.8) is 0 Å². The second kappa shape index (κ2) is 7.11. The molecule has 1 atom stereocenters. The predicted molar refractivity (Wildman–Crippen MR) is 119 cm³/mol. The average molecular weight is 424 g/mol. The van der Waals surface area contributed by atoms with Gasteiger partial charge >= 0.3 is 5.63 Å². The fraction of sp³-hybridized carbons (Fsp3) is 0.318. The number of halogens is 1. The van der Waals surface area contributed by atoms with E-state index in [0.29, 0.717) is 39.4 Å². The molecule has 0 saturated carbocycles. The maximum Gasteiger partial charge on any atom is 0.345 e. The third-order valence-corrected chi connectivity index (χ3v) is 6.08. The van der Waals surface area contributed by atoms with E-state index in [1.54, 1.807) is 16.8 Å². The lowest BCUT2D eigenvalue weighted by molar-refractivity contribution is 0.234. The smallest absolute Gasteiger partial charge is 0.345 e. The Labute approximate surface area is 178 Å². The van der Waals surface area contributed by atoms with E-state index >= 15 is 0 Å². The maximum absolute atomic E-state index is 12.8. The van der Waals surface area contributed by atoms with E-state index in [9.17, 15) is 4.79 Å². The highest BCUT2D eigenvalue weighted by Gasteiger charge is 2.21. The molecule has 0 N–H and O–H groups in total. The zero-order chi connectivity index (χ0) is 21.0. The SMILES string of the molecule is Cc1nc(Cl)cn2cc(-c3cc4ccc(N5CCN(C)C(C)C5)cc4oc3=O)nc12. The molecule has 1 aliphatic heterocycles. The molecule has 1 saturated heterocycles. The second-order valence-corrected chi connectivity index (χ2v) is 8.34. The summed E-state index contributed by atoms with van der Waals surface area (Å²) in [7, 11) is 2.15. The average Bonchev–Trinajstić information content (AvgIpc) is 3.13. The van der Waals surface area contributed by atoms with Crippen LogP contribution in [0.2, 0.25) is 5.15 Å². The highest BCUT2D eigenvalue weighted by Crippen LogP contribution is 2.27. The zero-order valence-electron chi connectivity index (χ0n) is 17.1. The van der Waals surface area contributed by atoms with Crippen molar-refractivity contribution in [3.05, 3.63) is 57.9 Å². The van der Waals surface area contributed by atoms with Crippen LogP contribution in [0.3, 0.4) is 0 Å². The monoisotopic (exact) mass is 423 g/mol. The van der Waals surface area contributed by atoms with Gasteiger partial charge in [0.05, 0.1) is 17.0 Å². The van der Waals surface area contributed by atoms with Crippen LogP contribution in [0.25, 0.3) is 27.9 Å². The number of imidazole rings is 1. The van der Waals surface area contributed by atoms with Crippen LogP contribution in [0, 0.1) is 6.92 Å². The van der Waals surface area contributed by atoms with Crippen molar-refractivity contribution < 1.29 is 4.42 Å². The summed E-state index contributed by atoms with van der Waals surface area (Å²) in [5, 5.41) is 1.24. The van der Waals surface area contributed by atoms with Crippen molar-refractivity contribution in [1.82, 2.24) is 19.3 Å². The van der Waals surface area contributed by atoms with Crippen molar-refractivity contribution in [2.75, 3.05) is 31.6 Å². The van der Waals surface area contributed by atoms with Crippen LogP contribution in [-0.2, 0) is 0 Å².